The zero-order chi connectivity index (χ0) is 18.0. The Bertz CT molecular complexity index is 898. The number of carboxylic acids is 1. The van der Waals surface area contributed by atoms with Gasteiger partial charge in [0.2, 0.25) is 0 Å². The van der Waals surface area contributed by atoms with Crippen molar-refractivity contribution in [3.8, 4) is 11.1 Å². The van der Waals surface area contributed by atoms with Crippen LogP contribution in [0.25, 0.3) is 22.0 Å². The summed E-state index contributed by atoms with van der Waals surface area (Å²) in [7, 11) is 0. The van der Waals surface area contributed by atoms with E-state index in [-0.39, 0.29) is 0 Å². The van der Waals surface area contributed by atoms with Gasteiger partial charge in [0.15, 0.2) is 6.10 Å². The molecule has 1 unspecified atom stereocenters. The number of carbonyl (C=O) groups is 1. The number of pyridine rings is 1. The molecule has 0 aliphatic heterocycles. The highest BCUT2D eigenvalue weighted by Crippen LogP contribution is 2.37. The van der Waals surface area contributed by atoms with Gasteiger partial charge in [0.05, 0.1) is 11.1 Å². The van der Waals surface area contributed by atoms with Gasteiger partial charge in [-0.05, 0) is 38.0 Å². The van der Waals surface area contributed by atoms with E-state index in [9.17, 15) is 9.90 Å². The van der Waals surface area contributed by atoms with Crippen molar-refractivity contribution >= 4 is 16.9 Å². The summed E-state index contributed by atoms with van der Waals surface area (Å²) in [5, 5.41) is 10.7. The van der Waals surface area contributed by atoms with Crippen molar-refractivity contribution in [2.45, 2.75) is 32.5 Å². The molecule has 3 aromatic rings. The number of hydrogen-bond donors (Lipinski definition) is 1. The molecule has 0 radical (unpaired) electrons. The van der Waals surface area contributed by atoms with Gasteiger partial charge in [-0.2, -0.15) is 0 Å². The second-order valence-corrected chi connectivity index (χ2v) is 6.92. The average Bonchev–Trinajstić information content (AvgIpc) is 2.58. The van der Waals surface area contributed by atoms with E-state index in [1.165, 1.54) is 0 Å². The Hall–Kier alpha value is -2.72. The number of rotatable bonds is 4. The molecular formula is C21H21NO3. The molecule has 4 nitrogen and oxygen atoms in total. The second kappa shape index (κ2) is 6.65. The predicted octanol–water partition coefficient (Wildman–Crippen LogP) is 4.84. The molecule has 2 aromatic carbocycles. The van der Waals surface area contributed by atoms with Crippen molar-refractivity contribution in [1.29, 1.82) is 0 Å². The van der Waals surface area contributed by atoms with Crippen molar-refractivity contribution in [1.82, 2.24) is 4.98 Å². The lowest BCUT2D eigenvalue weighted by atomic mass is 9.93. The molecule has 0 bridgehead atoms. The van der Waals surface area contributed by atoms with E-state index in [1.807, 2.05) is 75.4 Å². The molecule has 4 heteroatoms. The van der Waals surface area contributed by atoms with Crippen molar-refractivity contribution in [3.05, 3.63) is 66.4 Å². The first-order valence-corrected chi connectivity index (χ1v) is 8.20. The molecule has 25 heavy (non-hydrogen) atoms. The minimum Gasteiger partial charge on any atom is -0.479 e. The van der Waals surface area contributed by atoms with Crippen LogP contribution in [-0.2, 0) is 9.53 Å². The van der Waals surface area contributed by atoms with Gasteiger partial charge in [0.25, 0.3) is 0 Å². The lowest BCUT2D eigenvalue weighted by Crippen LogP contribution is -2.27. The van der Waals surface area contributed by atoms with Gasteiger partial charge < -0.3 is 9.84 Å². The van der Waals surface area contributed by atoms with E-state index in [2.05, 4.69) is 4.98 Å². The van der Waals surface area contributed by atoms with Gasteiger partial charge in [0, 0.05) is 17.1 Å². The highest BCUT2D eigenvalue weighted by molar-refractivity contribution is 5.97. The van der Waals surface area contributed by atoms with E-state index in [4.69, 9.17) is 4.74 Å². The first-order chi connectivity index (χ1) is 11.9. The molecular weight excluding hydrogens is 314 g/mol. The summed E-state index contributed by atoms with van der Waals surface area (Å²) < 4.78 is 5.86. The Morgan fingerprint density at radius 3 is 2.32 bits per heavy atom. The van der Waals surface area contributed by atoms with E-state index in [0.717, 1.165) is 22.0 Å². The monoisotopic (exact) mass is 335 g/mol. The van der Waals surface area contributed by atoms with Crippen molar-refractivity contribution < 1.29 is 14.6 Å². The third-order valence-corrected chi connectivity index (χ3v) is 3.85. The smallest absolute Gasteiger partial charge is 0.337 e. The van der Waals surface area contributed by atoms with Crippen LogP contribution in [0.5, 0.6) is 0 Å². The molecule has 1 atom stereocenters. The zero-order valence-corrected chi connectivity index (χ0v) is 14.6. The van der Waals surface area contributed by atoms with Gasteiger partial charge in [-0.15, -0.1) is 0 Å². The molecule has 0 amide bonds. The predicted molar refractivity (Wildman–Crippen MR) is 98.4 cm³/mol. The van der Waals surface area contributed by atoms with Gasteiger partial charge in [-0.3, -0.25) is 4.98 Å². The lowest BCUT2D eigenvalue weighted by Gasteiger charge is -2.27. The molecule has 0 spiro atoms. The highest BCUT2D eigenvalue weighted by atomic mass is 16.5. The Balaban J connectivity index is 2.29. The summed E-state index contributed by atoms with van der Waals surface area (Å²) in [5.74, 6) is -1.02. The minimum absolute atomic E-state index is 0.562. The van der Waals surface area contributed by atoms with Crippen molar-refractivity contribution in [2.75, 3.05) is 0 Å². The van der Waals surface area contributed by atoms with E-state index in [0.29, 0.717) is 5.56 Å². The number of fused-ring (bicyclic) bond motifs is 1. The minimum atomic E-state index is -1.09. The molecule has 1 N–H and O–H groups in total. The molecule has 0 saturated carbocycles. The lowest BCUT2D eigenvalue weighted by molar-refractivity contribution is -0.160. The Kier molecular flexibility index (Phi) is 4.55. The van der Waals surface area contributed by atoms with Gasteiger partial charge in [-0.25, -0.2) is 4.79 Å². The Labute approximate surface area is 147 Å². The maximum Gasteiger partial charge on any atom is 0.337 e. The van der Waals surface area contributed by atoms with E-state index < -0.39 is 17.7 Å². The maximum atomic E-state index is 11.9. The van der Waals surface area contributed by atoms with Crippen LogP contribution < -0.4 is 0 Å². The van der Waals surface area contributed by atoms with Crippen LogP contribution in [0.4, 0.5) is 0 Å². The number of hydrogen-bond acceptors (Lipinski definition) is 3. The topological polar surface area (TPSA) is 59.4 Å². The molecule has 0 aliphatic rings. The molecule has 3 rings (SSSR count). The number of ether oxygens (including phenoxy) is 1. The standard InChI is InChI=1S/C21H21NO3/c1-21(2,3)25-19(20(23)24)16-13-22-17-12-8-7-11-15(17)18(16)14-9-5-4-6-10-14/h4-13,19H,1-3H3,(H,23,24). The molecule has 0 aliphatic carbocycles. The van der Waals surface area contributed by atoms with E-state index >= 15 is 0 Å². The van der Waals surface area contributed by atoms with Crippen LogP contribution >= 0.6 is 0 Å². The first-order valence-electron chi connectivity index (χ1n) is 8.20. The zero-order valence-electron chi connectivity index (χ0n) is 14.6. The quantitative estimate of drug-likeness (QED) is 0.741. The summed E-state index contributed by atoms with van der Waals surface area (Å²) >= 11 is 0. The van der Waals surface area contributed by atoms with E-state index in [1.54, 1.807) is 6.20 Å². The number of para-hydroxylation sites is 1. The number of benzene rings is 2. The fraction of sp³-hybridized carbons (Fsp3) is 0.238. The van der Waals surface area contributed by atoms with Gasteiger partial charge in [-0.1, -0.05) is 48.5 Å². The van der Waals surface area contributed by atoms with Gasteiger partial charge in [0.1, 0.15) is 0 Å². The largest absolute Gasteiger partial charge is 0.479 e. The van der Waals surface area contributed by atoms with Gasteiger partial charge >= 0.3 is 5.97 Å². The van der Waals surface area contributed by atoms with Crippen LogP contribution in [0.3, 0.4) is 0 Å². The summed E-state index contributed by atoms with van der Waals surface area (Å²) in [5.41, 5.74) is 2.59. The molecule has 1 heterocycles. The van der Waals surface area contributed by atoms with Crippen LogP contribution in [0.1, 0.15) is 32.4 Å². The SMILES string of the molecule is CC(C)(C)OC(C(=O)O)c1cnc2ccccc2c1-c1ccccc1. The molecule has 128 valence electrons. The third-order valence-electron chi connectivity index (χ3n) is 3.85. The first kappa shape index (κ1) is 17.1. The number of aliphatic carboxylic acids is 1. The third kappa shape index (κ3) is 3.69. The summed E-state index contributed by atoms with van der Waals surface area (Å²) in [6.45, 7) is 5.54. The van der Waals surface area contributed by atoms with Crippen LogP contribution in [0.2, 0.25) is 0 Å². The molecule has 1 aromatic heterocycles. The highest BCUT2D eigenvalue weighted by Gasteiger charge is 2.30. The Morgan fingerprint density at radius 1 is 1.04 bits per heavy atom. The fourth-order valence-electron chi connectivity index (χ4n) is 2.88. The Morgan fingerprint density at radius 2 is 1.68 bits per heavy atom. The summed E-state index contributed by atoms with van der Waals surface area (Å²) in [4.78, 5) is 16.4. The number of carboxylic acid groups (broad SMARTS) is 1. The van der Waals surface area contributed by atoms with Crippen LogP contribution in [0, 0.1) is 0 Å². The number of aromatic nitrogens is 1. The second-order valence-electron chi connectivity index (χ2n) is 6.92. The number of nitrogens with zero attached hydrogens (tertiary/aromatic N) is 1. The average molecular weight is 335 g/mol. The van der Waals surface area contributed by atoms with Crippen molar-refractivity contribution in [2.24, 2.45) is 0 Å². The summed E-state index contributed by atoms with van der Waals surface area (Å²) in [6.07, 6.45) is 0.530. The normalized spacial score (nSPS) is 12.9. The summed E-state index contributed by atoms with van der Waals surface area (Å²) in [6, 6.07) is 17.5. The fourth-order valence-corrected chi connectivity index (χ4v) is 2.88. The maximum absolute atomic E-state index is 11.9. The molecule has 0 saturated heterocycles. The van der Waals surface area contributed by atoms with Crippen LogP contribution in [-0.4, -0.2) is 21.7 Å². The van der Waals surface area contributed by atoms with Crippen LogP contribution in [0.15, 0.2) is 60.8 Å². The molecule has 0 fully saturated rings. The van der Waals surface area contributed by atoms with Crippen molar-refractivity contribution in [3.63, 3.8) is 0 Å².